The Bertz CT molecular complexity index is 1240. The highest BCUT2D eigenvalue weighted by atomic mass is 19.1. The van der Waals surface area contributed by atoms with E-state index in [1.807, 2.05) is 43.9 Å². The maximum Gasteiger partial charge on any atom is 0.435 e. The number of hydrogen-bond acceptors (Lipinski definition) is 5. The van der Waals surface area contributed by atoms with Crippen molar-refractivity contribution < 1.29 is 18.7 Å². The average Bonchev–Trinajstić information content (AvgIpc) is 3.37. The van der Waals surface area contributed by atoms with Crippen LogP contribution in [-0.2, 0) is 24.1 Å². The first-order valence-electron chi connectivity index (χ1n) is 11.9. The molecule has 34 heavy (non-hydrogen) atoms. The van der Waals surface area contributed by atoms with Gasteiger partial charge in [-0.1, -0.05) is 6.07 Å². The number of carbonyl (C=O) groups excluding carboxylic acids is 2. The van der Waals surface area contributed by atoms with Crippen molar-refractivity contribution in [3.8, 4) is 0 Å². The summed E-state index contributed by atoms with van der Waals surface area (Å²) >= 11 is 0. The fraction of sp³-hybridized carbons (Fsp3) is 0.520. The summed E-state index contributed by atoms with van der Waals surface area (Å²) in [6.45, 7) is 5.13. The number of carbonyl (C=O) groups is 2. The van der Waals surface area contributed by atoms with Crippen molar-refractivity contribution in [1.29, 1.82) is 0 Å². The van der Waals surface area contributed by atoms with Crippen LogP contribution in [0, 0.1) is 0 Å². The molecule has 9 heteroatoms. The summed E-state index contributed by atoms with van der Waals surface area (Å²) < 4.78 is 21.2. The topological polar surface area (TPSA) is 82.2 Å². The molecular formula is C25H30FN5O3. The van der Waals surface area contributed by atoms with Gasteiger partial charge in [0.25, 0.3) is 5.91 Å². The van der Waals surface area contributed by atoms with Gasteiger partial charge in [0, 0.05) is 23.7 Å². The zero-order valence-corrected chi connectivity index (χ0v) is 19.8. The highest BCUT2D eigenvalue weighted by molar-refractivity contribution is 6.06. The predicted octanol–water partition coefficient (Wildman–Crippen LogP) is 4.15. The molecule has 0 radical (unpaired) electrons. The lowest BCUT2D eigenvalue weighted by molar-refractivity contribution is 0.0513. The summed E-state index contributed by atoms with van der Waals surface area (Å²) in [5.41, 5.74) is 2.64. The SMILES string of the molecule is CC(C)(C)OC(=O)n1cc2c(n1)CCC(N(C(=O)c1cccc3c1cnn3CCF)C1CC1)C2. The van der Waals surface area contributed by atoms with E-state index >= 15 is 0 Å². The van der Waals surface area contributed by atoms with Crippen LogP contribution in [0.2, 0.25) is 0 Å². The van der Waals surface area contributed by atoms with E-state index in [0.29, 0.717) is 18.4 Å². The van der Waals surface area contributed by atoms with E-state index in [4.69, 9.17) is 4.74 Å². The van der Waals surface area contributed by atoms with Crippen LogP contribution >= 0.6 is 0 Å². The molecule has 0 saturated heterocycles. The van der Waals surface area contributed by atoms with Gasteiger partial charge in [-0.3, -0.25) is 9.48 Å². The standard InChI is InChI=1S/C25H30FN5O3/c1-25(2,3)34-24(33)30-15-16-13-18(9-10-21(16)28-30)31(17-7-8-17)23(32)19-5-4-6-22-20(19)14-27-29(22)12-11-26/h4-6,14-15,17-18H,7-13H2,1-3H3. The molecule has 0 bridgehead atoms. The number of nitrogens with zero attached hydrogens (tertiary/aromatic N) is 5. The van der Waals surface area contributed by atoms with Crippen molar-refractivity contribution in [3.63, 3.8) is 0 Å². The highest BCUT2D eigenvalue weighted by Gasteiger charge is 2.40. The van der Waals surface area contributed by atoms with Crippen molar-refractivity contribution in [2.24, 2.45) is 0 Å². The Kier molecular flexibility index (Phi) is 5.65. The van der Waals surface area contributed by atoms with E-state index in [-0.39, 0.29) is 24.5 Å². The van der Waals surface area contributed by atoms with Crippen LogP contribution in [0.5, 0.6) is 0 Å². The van der Waals surface area contributed by atoms with Gasteiger partial charge in [0.2, 0.25) is 0 Å². The smallest absolute Gasteiger partial charge is 0.435 e. The number of benzene rings is 1. The molecule has 0 aliphatic heterocycles. The maximum absolute atomic E-state index is 13.8. The molecule has 180 valence electrons. The van der Waals surface area contributed by atoms with Gasteiger partial charge in [-0.05, 0) is 70.6 Å². The van der Waals surface area contributed by atoms with Gasteiger partial charge in [0.15, 0.2) is 0 Å². The largest absolute Gasteiger partial charge is 0.442 e. The molecule has 0 N–H and O–H groups in total. The Morgan fingerprint density at radius 3 is 2.71 bits per heavy atom. The number of ether oxygens (including phenoxy) is 1. The van der Waals surface area contributed by atoms with Gasteiger partial charge in [-0.25, -0.2) is 9.18 Å². The highest BCUT2D eigenvalue weighted by Crippen LogP contribution is 2.35. The second-order valence-electron chi connectivity index (χ2n) is 10.2. The van der Waals surface area contributed by atoms with Gasteiger partial charge >= 0.3 is 6.09 Å². The van der Waals surface area contributed by atoms with Crippen LogP contribution in [0.25, 0.3) is 10.9 Å². The quantitative estimate of drug-likeness (QED) is 0.563. The van der Waals surface area contributed by atoms with Crippen molar-refractivity contribution in [2.75, 3.05) is 6.67 Å². The Morgan fingerprint density at radius 2 is 2.00 bits per heavy atom. The van der Waals surface area contributed by atoms with Crippen LogP contribution in [0.4, 0.5) is 9.18 Å². The minimum Gasteiger partial charge on any atom is -0.442 e. The number of alkyl halides is 1. The lowest BCUT2D eigenvalue weighted by Gasteiger charge is -2.34. The second-order valence-corrected chi connectivity index (χ2v) is 10.2. The summed E-state index contributed by atoms with van der Waals surface area (Å²) in [6, 6.07) is 5.78. The first-order valence-corrected chi connectivity index (χ1v) is 11.9. The molecule has 2 aromatic heterocycles. The molecule has 5 rings (SSSR count). The van der Waals surface area contributed by atoms with Crippen molar-refractivity contribution in [1.82, 2.24) is 24.5 Å². The van der Waals surface area contributed by atoms with Crippen molar-refractivity contribution >= 4 is 22.9 Å². The molecule has 1 unspecified atom stereocenters. The normalized spacial score (nSPS) is 18.1. The molecule has 2 aliphatic carbocycles. The Morgan fingerprint density at radius 1 is 1.21 bits per heavy atom. The zero-order chi connectivity index (χ0) is 24.0. The third-order valence-corrected chi connectivity index (χ3v) is 6.41. The molecule has 3 aromatic rings. The summed E-state index contributed by atoms with van der Waals surface area (Å²) in [7, 11) is 0. The van der Waals surface area contributed by atoms with Gasteiger partial charge in [0.1, 0.15) is 12.3 Å². The number of fused-ring (bicyclic) bond motifs is 2. The van der Waals surface area contributed by atoms with Crippen LogP contribution in [0.1, 0.15) is 61.6 Å². The van der Waals surface area contributed by atoms with E-state index in [2.05, 4.69) is 10.2 Å². The minimum atomic E-state index is -0.597. The summed E-state index contributed by atoms with van der Waals surface area (Å²) in [4.78, 5) is 28.3. The van der Waals surface area contributed by atoms with Gasteiger partial charge < -0.3 is 9.64 Å². The first kappa shape index (κ1) is 22.6. The third-order valence-electron chi connectivity index (χ3n) is 6.41. The van der Waals surface area contributed by atoms with Crippen molar-refractivity contribution in [2.45, 2.75) is 77.1 Å². The van der Waals surface area contributed by atoms with Gasteiger partial charge in [-0.2, -0.15) is 14.9 Å². The third kappa shape index (κ3) is 4.31. The Hall–Kier alpha value is -3.23. The van der Waals surface area contributed by atoms with E-state index in [1.54, 1.807) is 17.1 Å². The maximum atomic E-state index is 13.8. The molecule has 1 aromatic carbocycles. The molecule has 1 amide bonds. The fourth-order valence-corrected chi connectivity index (χ4v) is 4.79. The van der Waals surface area contributed by atoms with E-state index in [1.165, 1.54) is 4.68 Å². The number of aryl methyl sites for hydroxylation is 2. The number of hydrogen-bond donors (Lipinski definition) is 0. The molecular weight excluding hydrogens is 437 g/mol. The van der Waals surface area contributed by atoms with E-state index < -0.39 is 18.4 Å². The lowest BCUT2D eigenvalue weighted by Crippen LogP contribution is -2.44. The first-order chi connectivity index (χ1) is 16.2. The van der Waals surface area contributed by atoms with Crippen LogP contribution in [0.3, 0.4) is 0 Å². The monoisotopic (exact) mass is 467 g/mol. The lowest BCUT2D eigenvalue weighted by atomic mass is 9.91. The van der Waals surface area contributed by atoms with Crippen molar-refractivity contribution in [3.05, 3.63) is 47.4 Å². The van der Waals surface area contributed by atoms with Crippen LogP contribution in [-0.4, -0.2) is 60.8 Å². The molecule has 2 heterocycles. The van der Waals surface area contributed by atoms with E-state index in [9.17, 15) is 14.0 Å². The number of rotatable bonds is 5. The summed E-state index contributed by atoms with van der Waals surface area (Å²) in [5, 5.41) is 9.49. The second kappa shape index (κ2) is 8.52. The Balaban J connectivity index is 1.40. The Labute approximate surface area is 197 Å². The molecule has 2 aliphatic rings. The fourth-order valence-electron chi connectivity index (χ4n) is 4.79. The molecule has 0 spiro atoms. The van der Waals surface area contributed by atoms with Gasteiger partial charge in [-0.15, -0.1) is 0 Å². The molecule has 8 nitrogen and oxygen atoms in total. The van der Waals surface area contributed by atoms with Crippen LogP contribution in [0.15, 0.2) is 30.6 Å². The average molecular weight is 468 g/mol. The summed E-state index contributed by atoms with van der Waals surface area (Å²) in [6.07, 6.45) is 7.03. The number of aromatic nitrogens is 4. The summed E-state index contributed by atoms with van der Waals surface area (Å²) in [5.74, 6) is -0.0131. The number of amides is 1. The molecule has 1 saturated carbocycles. The number of halogens is 1. The molecule has 1 fully saturated rings. The van der Waals surface area contributed by atoms with E-state index in [0.717, 1.165) is 41.4 Å². The van der Waals surface area contributed by atoms with Crippen LogP contribution < -0.4 is 0 Å². The molecule has 1 atom stereocenters. The van der Waals surface area contributed by atoms with Gasteiger partial charge in [0.05, 0.1) is 29.5 Å². The minimum absolute atomic E-state index is 0.0131. The predicted molar refractivity (Wildman–Crippen MR) is 125 cm³/mol. The zero-order valence-electron chi connectivity index (χ0n) is 19.8.